The molecular formula is C18H18O5. The van der Waals surface area contributed by atoms with Crippen LogP contribution in [0.2, 0.25) is 0 Å². The van der Waals surface area contributed by atoms with Crippen molar-refractivity contribution >= 4 is 12.3 Å². The normalized spacial score (nSPS) is 11.6. The topological polar surface area (TPSA) is 72.8 Å². The second kappa shape index (κ2) is 8.10. The monoisotopic (exact) mass is 314 g/mol. The summed E-state index contributed by atoms with van der Waals surface area (Å²) in [5, 5.41) is 10.4. The van der Waals surface area contributed by atoms with Gasteiger partial charge in [0, 0.05) is 12.0 Å². The molecule has 2 aromatic carbocycles. The Kier molecular flexibility index (Phi) is 5.88. The Balaban J connectivity index is 2.05. The third kappa shape index (κ3) is 4.93. The van der Waals surface area contributed by atoms with Crippen molar-refractivity contribution in [3.8, 4) is 5.75 Å². The molecule has 0 spiro atoms. The zero-order valence-electron chi connectivity index (χ0n) is 12.8. The lowest BCUT2D eigenvalue weighted by Gasteiger charge is -2.13. The summed E-state index contributed by atoms with van der Waals surface area (Å²) < 4.78 is 9.81. The highest BCUT2D eigenvalue weighted by Gasteiger charge is 2.11. The van der Waals surface area contributed by atoms with E-state index in [0.717, 1.165) is 11.8 Å². The summed E-state index contributed by atoms with van der Waals surface area (Å²) in [6, 6.07) is 14.0. The van der Waals surface area contributed by atoms with Gasteiger partial charge >= 0.3 is 5.97 Å². The van der Waals surface area contributed by atoms with Gasteiger partial charge in [-0.3, -0.25) is 4.79 Å². The molecule has 2 aromatic rings. The molecule has 0 radical (unpaired) electrons. The molecule has 0 aliphatic heterocycles. The van der Waals surface area contributed by atoms with Crippen molar-refractivity contribution in [2.75, 3.05) is 13.7 Å². The Morgan fingerprint density at radius 3 is 2.74 bits per heavy atom. The van der Waals surface area contributed by atoms with E-state index >= 15 is 0 Å². The molecule has 0 aliphatic rings. The standard InChI is InChI=1S/C18H18O5/c1-22-18(21)12-23-16-7-3-6-15(10-16)17(20)9-13-4-2-5-14(8-13)11-19/h2-8,10-11,17,20H,9,12H2,1H3. The van der Waals surface area contributed by atoms with E-state index in [0.29, 0.717) is 23.3 Å². The Labute approximate surface area is 134 Å². The smallest absolute Gasteiger partial charge is 0.343 e. The van der Waals surface area contributed by atoms with Crippen LogP contribution in [0.3, 0.4) is 0 Å². The van der Waals surface area contributed by atoms with E-state index in [4.69, 9.17) is 4.74 Å². The Hall–Kier alpha value is -2.66. The molecule has 0 aliphatic carbocycles. The Bertz CT molecular complexity index is 681. The third-order valence-electron chi connectivity index (χ3n) is 3.34. The van der Waals surface area contributed by atoms with Gasteiger partial charge in [0.05, 0.1) is 13.2 Å². The fourth-order valence-electron chi connectivity index (χ4n) is 2.15. The molecule has 120 valence electrons. The van der Waals surface area contributed by atoms with Crippen LogP contribution in [0.5, 0.6) is 5.75 Å². The summed E-state index contributed by atoms with van der Waals surface area (Å²) in [6.07, 6.45) is 0.415. The van der Waals surface area contributed by atoms with Gasteiger partial charge in [0.25, 0.3) is 0 Å². The predicted molar refractivity (Wildman–Crippen MR) is 84.4 cm³/mol. The number of rotatable bonds is 7. The summed E-state index contributed by atoms with van der Waals surface area (Å²) in [7, 11) is 1.29. The first-order valence-corrected chi connectivity index (χ1v) is 7.14. The van der Waals surface area contributed by atoms with Crippen LogP contribution in [0.1, 0.15) is 27.6 Å². The molecule has 1 unspecified atom stereocenters. The molecule has 0 saturated heterocycles. The van der Waals surface area contributed by atoms with E-state index in [2.05, 4.69) is 4.74 Å². The maximum Gasteiger partial charge on any atom is 0.343 e. The number of carbonyl (C=O) groups excluding carboxylic acids is 2. The number of aliphatic hydroxyl groups excluding tert-OH is 1. The summed E-state index contributed by atoms with van der Waals surface area (Å²) >= 11 is 0. The summed E-state index contributed by atoms with van der Waals surface area (Å²) in [5.74, 6) is 0.00946. The second-order valence-corrected chi connectivity index (χ2v) is 5.02. The molecule has 0 saturated carbocycles. The molecule has 0 aromatic heterocycles. The van der Waals surface area contributed by atoms with Gasteiger partial charge in [-0.25, -0.2) is 4.79 Å². The van der Waals surface area contributed by atoms with Crippen LogP contribution in [0.25, 0.3) is 0 Å². The van der Waals surface area contributed by atoms with E-state index in [1.165, 1.54) is 7.11 Å². The van der Waals surface area contributed by atoms with Crippen LogP contribution in [-0.4, -0.2) is 31.1 Å². The van der Waals surface area contributed by atoms with Gasteiger partial charge in [-0.15, -0.1) is 0 Å². The number of benzene rings is 2. The first-order chi connectivity index (χ1) is 11.1. The number of aldehydes is 1. The number of hydrogen-bond acceptors (Lipinski definition) is 5. The number of ether oxygens (including phenoxy) is 2. The van der Waals surface area contributed by atoms with Gasteiger partial charge in [-0.2, -0.15) is 0 Å². The molecule has 0 fully saturated rings. The minimum absolute atomic E-state index is 0.183. The highest BCUT2D eigenvalue weighted by atomic mass is 16.6. The number of esters is 1. The van der Waals surface area contributed by atoms with Gasteiger partial charge < -0.3 is 14.6 Å². The molecular weight excluding hydrogens is 296 g/mol. The first kappa shape index (κ1) is 16.7. The summed E-state index contributed by atoms with van der Waals surface area (Å²) in [5.41, 5.74) is 2.11. The van der Waals surface area contributed by atoms with E-state index in [1.54, 1.807) is 42.5 Å². The molecule has 0 heterocycles. The number of methoxy groups -OCH3 is 1. The second-order valence-electron chi connectivity index (χ2n) is 5.02. The van der Waals surface area contributed by atoms with Crippen molar-refractivity contribution in [1.82, 2.24) is 0 Å². The van der Waals surface area contributed by atoms with Crippen molar-refractivity contribution < 1.29 is 24.2 Å². The van der Waals surface area contributed by atoms with Gasteiger partial charge in [-0.1, -0.05) is 30.3 Å². The molecule has 1 N–H and O–H groups in total. The van der Waals surface area contributed by atoms with Crippen molar-refractivity contribution in [1.29, 1.82) is 0 Å². The van der Waals surface area contributed by atoms with Crippen molar-refractivity contribution in [2.45, 2.75) is 12.5 Å². The average Bonchev–Trinajstić information content (AvgIpc) is 2.60. The van der Waals surface area contributed by atoms with E-state index in [1.807, 2.05) is 6.07 Å². The molecule has 23 heavy (non-hydrogen) atoms. The Morgan fingerprint density at radius 2 is 2.00 bits per heavy atom. The highest BCUT2D eigenvalue weighted by Crippen LogP contribution is 2.22. The van der Waals surface area contributed by atoms with Gasteiger partial charge in [-0.05, 0) is 29.3 Å². The van der Waals surface area contributed by atoms with Crippen molar-refractivity contribution in [3.63, 3.8) is 0 Å². The predicted octanol–water partition coefficient (Wildman–Crippen LogP) is 2.33. The van der Waals surface area contributed by atoms with E-state index in [-0.39, 0.29) is 6.61 Å². The number of carbonyl (C=O) groups is 2. The van der Waals surface area contributed by atoms with Crippen LogP contribution < -0.4 is 4.74 Å². The Morgan fingerprint density at radius 1 is 1.22 bits per heavy atom. The molecule has 0 amide bonds. The van der Waals surface area contributed by atoms with Gasteiger partial charge in [0.15, 0.2) is 6.61 Å². The fraction of sp³-hybridized carbons (Fsp3) is 0.222. The lowest BCUT2D eigenvalue weighted by molar-refractivity contribution is -0.142. The van der Waals surface area contributed by atoms with Crippen LogP contribution in [0, 0.1) is 0 Å². The fourth-order valence-corrected chi connectivity index (χ4v) is 2.15. The molecule has 1 atom stereocenters. The molecule has 5 heteroatoms. The van der Waals surface area contributed by atoms with Crippen LogP contribution in [0.4, 0.5) is 0 Å². The lowest BCUT2D eigenvalue weighted by atomic mass is 10.00. The van der Waals surface area contributed by atoms with Crippen LogP contribution >= 0.6 is 0 Å². The highest BCUT2D eigenvalue weighted by molar-refractivity contribution is 5.74. The maximum atomic E-state index is 11.1. The van der Waals surface area contributed by atoms with Crippen molar-refractivity contribution in [3.05, 3.63) is 65.2 Å². The van der Waals surface area contributed by atoms with Gasteiger partial charge in [0.2, 0.25) is 0 Å². The maximum absolute atomic E-state index is 11.1. The summed E-state index contributed by atoms with van der Waals surface area (Å²) in [6.45, 7) is -0.183. The minimum Gasteiger partial charge on any atom is -0.482 e. The summed E-state index contributed by atoms with van der Waals surface area (Å²) in [4.78, 5) is 21.9. The number of aliphatic hydroxyl groups is 1. The average molecular weight is 314 g/mol. The number of hydrogen-bond donors (Lipinski definition) is 1. The zero-order chi connectivity index (χ0) is 16.7. The van der Waals surface area contributed by atoms with Crippen LogP contribution in [-0.2, 0) is 16.0 Å². The van der Waals surface area contributed by atoms with Gasteiger partial charge in [0.1, 0.15) is 12.0 Å². The van der Waals surface area contributed by atoms with E-state index in [9.17, 15) is 14.7 Å². The third-order valence-corrected chi connectivity index (χ3v) is 3.34. The largest absolute Gasteiger partial charge is 0.482 e. The minimum atomic E-state index is -0.737. The van der Waals surface area contributed by atoms with Crippen LogP contribution in [0.15, 0.2) is 48.5 Å². The zero-order valence-corrected chi connectivity index (χ0v) is 12.8. The molecule has 5 nitrogen and oxygen atoms in total. The SMILES string of the molecule is COC(=O)COc1cccc(C(O)Cc2cccc(C=O)c2)c1. The molecule has 0 bridgehead atoms. The van der Waals surface area contributed by atoms with E-state index < -0.39 is 12.1 Å². The molecule has 2 rings (SSSR count). The quantitative estimate of drug-likeness (QED) is 0.627. The first-order valence-electron chi connectivity index (χ1n) is 7.14. The van der Waals surface area contributed by atoms with Crippen molar-refractivity contribution in [2.24, 2.45) is 0 Å². The lowest BCUT2D eigenvalue weighted by Crippen LogP contribution is -2.12.